The van der Waals surface area contributed by atoms with Gasteiger partial charge in [0.15, 0.2) is 10.2 Å². The molecule has 0 radical (unpaired) electrons. The first kappa shape index (κ1) is 15.9. The monoisotopic (exact) mass is 321 g/mol. The van der Waals surface area contributed by atoms with Crippen LogP contribution >= 0.6 is 23.5 Å². The molecule has 0 aliphatic carbocycles. The smallest absolute Gasteiger partial charge is 0.226 e. The van der Waals surface area contributed by atoms with Gasteiger partial charge in [0.1, 0.15) is 5.76 Å². The third kappa shape index (κ3) is 4.75. The van der Waals surface area contributed by atoms with Gasteiger partial charge in [0.25, 0.3) is 0 Å². The maximum Gasteiger partial charge on any atom is 0.226 e. The minimum Gasteiger partial charge on any atom is -0.440 e. The molecule has 1 aromatic heterocycles. The summed E-state index contributed by atoms with van der Waals surface area (Å²) in [6.45, 7) is 3.04. The Labute approximate surface area is 131 Å². The summed E-state index contributed by atoms with van der Waals surface area (Å²) in [6.07, 6.45) is 0. The van der Waals surface area contributed by atoms with Gasteiger partial charge >= 0.3 is 0 Å². The van der Waals surface area contributed by atoms with Crippen LogP contribution in [0.4, 0.5) is 0 Å². The van der Waals surface area contributed by atoms with Crippen LogP contribution < -0.4 is 0 Å². The van der Waals surface area contributed by atoms with Crippen LogP contribution in [0.2, 0.25) is 0 Å². The average molecular weight is 321 g/mol. The van der Waals surface area contributed by atoms with E-state index in [1.54, 1.807) is 0 Å². The van der Waals surface area contributed by atoms with Crippen molar-refractivity contribution in [2.24, 2.45) is 0 Å². The summed E-state index contributed by atoms with van der Waals surface area (Å²) in [7, 11) is 0. The molecule has 0 spiro atoms. The predicted molar refractivity (Wildman–Crippen MR) is 85.9 cm³/mol. The maximum atomic E-state index is 11.1. The fourth-order valence-corrected chi connectivity index (χ4v) is 2.78. The standard InChI is InChI=1S/C15H15NO3S2/c1-10(17)20-8-13-14(9-21-11(2)18)19-15(16-13)12-6-4-3-5-7-12/h3-7H,8-9H2,1-2H3. The maximum absolute atomic E-state index is 11.1. The first-order chi connectivity index (χ1) is 10.1. The second-order valence-electron chi connectivity index (χ2n) is 4.32. The number of hydrogen-bond donors (Lipinski definition) is 0. The second-order valence-corrected chi connectivity index (χ2v) is 6.62. The van der Waals surface area contributed by atoms with Gasteiger partial charge in [-0.2, -0.15) is 0 Å². The van der Waals surface area contributed by atoms with Gasteiger partial charge in [0.05, 0.1) is 11.4 Å². The molecule has 0 saturated carbocycles. The fraction of sp³-hybridized carbons (Fsp3) is 0.267. The van der Waals surface area contributed by atoms with Gasteiger partial charge in [-0.3, -0.25) is 9.59 Å². The molecule has 4 nitrogen and oxygen atoms in total. The van der Waals surface area contributed by atoms with E-state index < -0.39 is 0 Å². The van der Waals surface area contributed by atoms with Crippen molar-refractivity contribution in [3.05, 3.63) is 41.8 Å². The van der Waals surface area contributed by atoms with Crippen LogP contribution in [0.1, 0.15) is 25.3 Å². The predicted octanol–water partition coefficient (Wildman–Crippen LogP) is 3.90. The SMILES string of the molecule is CC(=O)SCc1nc(-c2ccccc2)oc1CSC(C)=O. The van der Waals surface area contributed by atoms with Crippen molar-refractivity contribution in [1.82, 2.24) is 4.98 Å². The van der Waals surface area contributed by atoms with Crippen molar-refractivity contribution < 1.29 is 14.0 Å². The zero-order valence-corrected chi connectivity index (χ0v) is 13.4. The number of carbonyl (C=O) groups is 2. The molecule has 0 saturated heterocycles. The summed E-state index contributed by atoms with van der Waals surface area (Å²) in [5.41, 5.74) is 1.61. The van der Waals surface area contributed by atoms with Crippen LogP contribution in [0.15, 0.2) is 34.7 Å². The first-order valence-corrected chi connectivity index (χ1v) is 8.34. The Morgan fingerprint density at radius 2 is 1.67 bits per heavy atom. The molecule has 0 aliphatic rings. The van der Waals surface area contributed by atoms with Gasteiger partial charge in [0.2, 0.25) is 5.89 Å². The Bertz CT molecular complexity index is 602. The number of thioether (sulfide) groups is 2. The Morgan fingerprint density at radius 3 is 2.29 bits per heavy atom. The van der Waals surface area contributed by atoms with E-state index in [0.717, 1.165) is 11.3 Å². The van der Waals surface area contributed by atoms with Crippen LogP contribution in [0.25, 0.3) is 11.5 Å². The van der Waals surface area contributed by atoms with Gasteiger partial charge < -0.3 is 4.42 Å². The van der Waals surface area contributed by atoms with Gasteiger partial charge in [-0.25, -0.2) is 4.98 Å². The molecule has 0 atom stereocenters. The van der Waals surface area contributed by atoms with Crippen molar-refractivity contribution in [2.75, 3.05) is 0 Å². The van der Waals surface area contributed by atoms with Crippen LogP contribution in [0.3, 0.4) is 0 Å². The molecular formula is C15H15NO3S2. The Kier molecular flexibility index (Phi) is 5.64. The number of hydrogen-bond acceptors (Lipinski definition) is 6. The highest BCUT2D eigenvalue weighted by atomic mass is 32.2. The van der Waals surface area contributed by atoms with Crippen LogP contribution in [-0.2, 0) is 21.1 Å². The Morgan fingerprint density at radius 1 is 1.05 bits per heavy atom. The van der Waals surface area contributed by atoms with E-state index in [0.29, 0.717) is 23.2 Å². The quantitative estimate of drug-likeness (QED) is 0.832. The molecular weight excluding hydrogens is 306 g/mol. The summed E-state index contributed by atoms with van der Waals surface area (Å²) in [5.74, 6) is 2.07. The number of rotatable bonds is 5. The van der Waals surface area contributed by atoms with Crippen LogP contribution in [0.5, 0.6) is 0 Å². The summed E-state index contributed by atoms with van der Waals surface area (Å²) in [6, 6.07) is 9.57. The fourth-order valence-electron chi connectivity index (χ4n) is 1.65. The number of nitrogens with zero attached hydrogens (tertiary/aromatic N) is 1. The highest BCUT2D eigenvalue weighted by Gasteiger charge is 2.16. The van der Waals surface area contributed by atoms with E-state index in [1.165, 1.54) is 37.4 Å². The Balaban J connectivity index is 2.25. The molecule has 0 N–H and O–H groups in total. The minimum atomic E-state index is 0.0258. The highest BCUT2D eigenvalue weighted by molar-refractivity contribution is 8.13. The number of aromatic nitrogens is 1. The summed E-state index contributed by atoms with van der Waals surface area (Å²) >= 11 is 2.36. The molecule has 0 amide bonds. The zero-order valence-electron chi connectivity index (χ0n) is 11.8. The van der Waals surface area contributed by atoms with E-state index in [2.05, 4.69) is 4.98 Å². The molecule has 6 heteroatoms. The van der Waals surface area contributed by atoms with Crippen LogP contribution in [0, 0.1) is 0 Å². The van der Waals surface area contributed by atoms with Crippen molar-refractivity contribution in [3.8, 4) is 11.5 Å². The highest BCUT2D eigenvalue weighted by Crippen LogP contribution is 2.27. The van der Waals surface area contributed by atoms with Crippen molar-refractivity contribution >= 4 is 33.8 Å². The molecule has 1 heterocycles. The van der Waals surface area contributed by atoms with Gasteiger partial charge in [-0.1, -0.05) is 41.7 Å². The molecule has 0 fully saturated rings. The zero-order chi connectivity index (χ0) is 15.2. The molecule has 110 valence electrons. The summed E-state index contributed by atoms with van der Waals surface area (Å²) in [5, 5.41) is 0.0577. The Hall–Kier alpha value is -1.53. The molecule has 0 unspecified atom stereocenters. The van der Waals surface area contributed by atoms with E-state index in [9.17, 15) is 9.59 Å². The van der Waals surface area contributed by atoms with E-state index in [4.69, 9.17) is 4.42 Å². The molecule has 21 heavy (non-hydrogen) atoms. The number of carbonyl (C=O) groups excluding carboxylic acids is 2. The normalized spacial score (nSPS) is 10.6. The number of oxazole rings is 1. The van der Waals surface area contributed by atoms with E-state index >= 15 is 0 Å². The lowest BCUT2D eigenvalue weighted by Gasteiger charge is -1.97. The van der Waals surface area contributed by atoms with E-state index in [1.807, 2.05) is 30.3 Å². The third-order valence-electron chi connectivity index (χ3n) is 2.62. The van der Waals surface area contributed by atoms with Gasteiger partial charge in [0, 0.05) is 25.2 Å². The molecule has 1 aromatic carbocycles. The minimum absolute atomic E-state index is 0.0258. The van der Waals surface area contributed by atoms with Crippen molar-refractivity contribution in [3.63, 3.8) is 0 Å². The van der Waals surface area contributed by atoms with Gasteiger partial charge in [-0.15, -0.1) is 0 Å². The lowest BCUT2D eigenvalue weighted by Crippen LogP contribution is -1.92. The molecule has 2 rings (SSSR count). The average Bonchev–Trinajstić information content (AvgIpc) is 2.87. The lowest BCUT2D eigenvalue weighted by atomic mass is 10.2. The number of benzene rings is 1. The topological polar surface area (TPSA) is 60.2 Å². The third-order valence-corrected chi connectivity index (χ3v) is 4.26. The van der Waals surface area contributed by atoms with Crippen molar-refractivity contribution in [2.45, 2.75) is 25.4 Å². The van der Waals surface area contributed by atoms with E-state index in [-0.39, 0.29) is 10.2 Å². The summed E-state index contributed by atoms with van der Waals surface area (Å²) in [4.78, 5) is 26.7. The second kappa shape index (κ2) is 7.47. The van der Waals surface area contributed by atoms with Crippen molar-refractivity contribution in [1.29, 1.82) is 0 Å². The molecule has 0 bridgehead atoms. The van der Waals surface area contributed by atoms with Gasteiger partial charge in [-0.05, 0) is 12.1 Å². The largest absolute Gasteiger partial charge is 0.440 e. The summed E-state index contributed by atoms with van der Waals surface area (Å²) < 4.78 is 5.77. The molecule has 0 aliphatic heterocycles. The molecule has 2 aromatic rings. The lowest BCUT2D eigenvalue weighted by molar-refractivity contribution is -0.109. The first-order valence-electron chi connectivity index (χ1n) is 6.37. The van der Waals surface area contributed by atoms with Crippen LogP contribution in [-0.4, -0.2) is 15.2 Å².